The van der Waals surface area contributed by atoms with Gasteiger partial charge >= 0.3 is 0 Å². The van der Waals surface area contributed by atoms with E-state index in [0.29, 0.717) is 5.54 Å². The van der Waals surface area contributed by atoms with Crippen LogP contribution in [0.25, 0.3) is 0 Å². The summed E-state index contributed by atoms with van der Waals surface area (Å²) in [5.41, 5.74) is 0.369. The molecule has 0 radical (unpaired) electrons. The highest BCUT2D eigenvalue weighted by atomic mass is 15.2. The van der Waals surface area contributed by atoms with Crippen LogP contribution in [0, 0.1) is 0 Å². The van der Waals surface area contributed by atoms with E-state index in [9.17, 15) is 0 Å². The van der Waals surface area contributed by atoms with Crippen molar-refractivity contribution in [2.75, 3.05) is 13.1 Å². The van der Waals surface area contributed by atoms with E-state index >= 15 is 0 Å². The lowest BCUT2D eigenvalue weighted by molar-refractivity contribution is 0.102. The molecule has 0 heterocycles. The average molecular weight is 662 g/mol. The Morgan fingerprint density at radius 2 is 0.447 bits per heavy atom. The van der Waals surface area contributed by atoms with E-state index in [0.717, 1.165) is 0 Å². The van der Waals surface area contributed by atoms with Crippen molar-refractivity contribution in [2.24, 2.45) is 0 Å². The lowest BCUT2D eigenvalue weighted by atomic mass is 9.92. The molecule has 0 aromatic rings. The Bertz CT molecular complexity index is 523. The van der Waals surface area contributed by atoms with Gasteiger partial charge in [0.1, 0.15) is 0 Å². The van der Waals surface area contributed by atoms with Crippen LogP contribution in [0.15, 0.2) is 0 Å². The molecule has 0 aliphatic heterocycles. The van der Waals surface area contributed by atoms with Gasteiger partial charge in [-0.25, -0.2) is 0 Å². The minimum absolute atomic E-state index is 0.369. The Labute approximate surface area is 301 Å². The zero-order valence-electron chi connectivity index (χ0n) is 34.2. The molecule has 1 nitrogen and oxygen atoms in total. The molecule has 0 saturated heterocycles. The molecule has 0 bridgehead atoms. The Morgan fingerprint density at radius 3 is 0.681 bits per heavy atom. The van der Waals surface area contributed by atoms with Crippen molar-refractivity contribution in [3.05, 3.63) is 0 Å². The fourth-order valence-electron chi connectivity index (χ4n) is 7.74. The standard InChI is InChI=1S/C46H95N/c1-6-9-12-15-18-21-24-26-29-32-35-38-41-44-47(45-42-39-36-33-30-27-25-22-19-16-13-10-7-2)46(4,5)43-40-37-34-31-28-23-20-17-14-11-8-3/h6-45H2,1-5H3. The molecule has 0 fully saturated rings. The van der Waals surface area contributed by atoms with Crippen molar-refractivity contribution >= 4 is 0 Å². The molecule has 0 spiro atoms. The first-order valence-corrected chi connectivity index (χ1v) is 22.8. The highest BCUT2D eigenvalue weighted by Gasteiger charge is 2.25. The summed E-state index contributed by atoms with van der Waals surface area (Å²) in [7, 11) is 0. The summed E-state index contributed by atoms with van der Waals surface area (Å²) in [5, 5.41) is 0. The number of hydrogen-bond donors (Lipinski definition) is 0. The summed E-state index contributed by atoms with van der Waals surface area (Å²) in [6.45, 7) is 14.8. The van der Waals surface area contributed by atoms with E-state index in [1.807, 2.05) is 0 Å². The lowest BCUT2D eigenvalue weighted by Crippen LogP contribution is -2.45. The van der Waals surface area contributed by atoms with Crippen LogP contribution in [-0.2, 0) is 0 Å². The number of rotatable bonds is 41. The molecular formula is C46H95N. The predicted octanol–water partition coefficient (Wildman–Crippen LogP) is 17.0. The smallest absolute Gasteiger partial charge is 0.0153 e. The molecule has 284 valence electrons. The summed E-state index contributed by atoms with van der Waals surface area (Å²) >= 11 is 0. The van der Waals surface area contributed by atoms with Crippen LogP contribution in [0.2, 0.25) is 0 Å². The van der Waals surface area contributed by atoms with Crippen molar-refractivity contribution in [1.82, 2.24) is 4.90 Å². The molecule has 0 aromatic carbocycles. The molecule has 0 amide bonds. The van der Waals surface area contributed by atoms with Gasteiger partial charge in [-0.15, -0.1) is 0 Å². The Hall–Kier alpha value is -0.0400. The zero-order chi connectivity index (χ0) is 34.4. The van der Waals surface area contributed by atoms with E-state index in [4.69, 9.17) is 0 Å². The van der Waals surface area contributed by atoms with Crippen molar-refractivity contribution < 1.29 is 0 Å². The fourth-order valence-corrected chi connectivity index (χ4v) is 7.74. The maximum absolute atomic E-state index is 2.93. The number of hydrogen-bond acceptors (Lipinski definition) is 1. The highest BCUT2D eigenvalue weighted by Crippen LogP contribution is 2.25. The van der Waals surface area contributed by atoms with Crippen LogP contribution in [0.4, 0.5) is 0 Å². The highest BCUT2D eigenvalue weighted by molar-refractivity contribution is 4.81. The minimum Gasteiger partial charge on any atom is -0.298 e. The first-order valence-electron chi connectivity index (χ1n) is 22.8. The lowest BCUT2D eigenvalue weighted by Gasteiger charge is -2.39. The van der Waals surface area contributed by atoms with Gasteiger partial charge in [0.05, 0.1) is 0 Å². The third-order valence-electron chi connectivity index (χ3n) is 11.3. The molecule has 0 saturated carbocycles. The molecule has 0 unspecified atom stereocenters. The predicted molar refractivity (Wildman–Crippen MR) is 218 cm³/mol. The van der Waals surface area contributed by atoms with Crippen molar-refractivity contribution in [3.63, 3.8) is 0 Å². The van der Waals surface area contributed by atoms with Crippen molar-refractivity contribution in [1.29, 1.82) is 0 Å². The summed E-state index contributed by atoms with van der Waals surface area (Å²) in [4.78, 5) is 2.93. The van der Waals surface area contributed by atoms with Crippen LogP contribution in [-0.4, -0.2) is 23.5 Å². The van der Waals surface area contributed by atoms with Gasteiger partial charge in [-0.2, -0.15) is 0 Å². The van der Waals surface area contributed by atoms with Gasteiger partial charge in [0, 0.05) is 5.54 Å². The summed E-state index contributed by atoms with van der Waals surface area (Å²) in [5.74, 6) is 0. The van der Waals surface area contributed by atoms with Crippen LogP contribution in [0.1, 0.15) is 279 Å². The van der Waals surface area contributed by atoms with Crippen molar-refractivity contribution in [3.8, 4) is 0 Å². The normalized spacial score (nSPS) is 12.1. The van der Waals surface area contributed by atoms with Gasteiger partial charge in [0.25, 0.3) is 0 Å². The Morgan fingerprint density at radius 1 is 0.255 bits per heavy atom. The molecule has 0 aromatic heterocycles. The van der Waals surface area contributed by atoms with Gasteiger partial charge in [0.15, 0.2) is 0 Å². The maximum Gasteiger partial charge on any atom is 0.0153 e. The molecule has 0 aliphatic carbocycles. The SMILES string of the molecule is CCCCCCCCCCCCCCCN(CCCCCCCCCCCCCCC)C(C)(C)CCCCCCCCCCCCC. The summed E-state index contributed by atoms with van der Waals surface area (Å²) in [6.07, 6.45) is 55.2. The van der Waals surface area contributed by atoms with E-state index in [1.54, 1.807) is 0 Å². The van der Waals surface area contributed by atoms with Crippen LogP contribution in [0.5, 0.6) is 0 Å². The molecule has 47 heavy (non-hydrogen) atoms. The molecule has 0 aliphatic rings. The molecular weight excluding hydrogens is 567 g/mol. The fraction of sp³-hybridized carbons (Fsp3) is 1.00. The second kappa shape index (κ2) is 38.8. The molecule has 0 N–H and O–H groups in total. The van der Waals surface area contributed by atoms with Gasteiger partial charge < -0.3 is 0 Å². The maximum atomic E-state index is 2.93. The molecule has 1 heteroatoms. The second-order valence-electron chi connectivity index (χ2n) is 16.6. The van der Waals surface area contributed by atoms with Gasteiger partial charge in [-0.1, -0.05) is 245 Å². The van der Waals surface area contributed by atoms with Gasteiger partial charge in [-0.05, 0) is 46.2 Å². The first kappa shape index (κ1) is 47.0. The average Bonchev–Trinajstić information content (AvgIpc) is 3.06. The van der Waals surface area contributed by atoms with E-state index in [2.05, 4.69) is 39.5 Å². The Kier molecular flexibility index (Phi) is 38.7. The van der Waals surface area contributed by atoms with Gasteiger partial charge in [-0.3, -0.25) is 4.90 Å². The largest absolute Gasteiger partial charge is 0.298 e. The van der Waals surface area contributed by atoms with Crippen LogP contribution in [0.3, 0.4) is 0 Å². The number of unbranched alkanes of at least 4 members (excludes halogenated alkanes) is 34. The van der Waals surface area contributed by atoms with Crippen LogP contribution < -0.4 is 0 Å². The third kappa shape index (κ3) is 35.6. The molecule has 0 rings (SSSR count). The second-order valence-corrected chi connectivity index (χ2v) is 16.6. The quantitative estimate of drug-likeness (QED) is 0.0589. The topological polar surface area (TPSA) is 3.24 Å². The first-order chi connectivity index (χ1) is 23.1. The Balaban J connectivity index is 4.21. The molecule has 0 atom stereocenters. The van der Waals surface area contributed by atoms with E-state index in [1.165, 1.54) is 257 Å². The van der Waals surface area contributed by atoms with Crippen molar-refractivity contribution in [2.45, 2.75) is 284 Å². The zero-order valence-corrected chi connectivity index (χ0v) is 34.2. The van der Waals surface area contributed by atoms with Crippen LogP contribution >= 0.6 is 0 Å². The monoisotopic (exact) mass is 662 g/mol. The summed E-state index contributed by atoms with van der Waals surface area (Å²) < 4.78 is 0. The van der Waals surface area contributed by atoms with E-state index in [-0.39, 0.29) is 0 Å². The third-order valence-corrected chi connectivity index (χ3v) is 11.3. The summed E-state index contributed by atoms with van der Waals surface area (Å²) in [6, 6.07) is 0. The minimum atomic E-state index is 0.369. The van der Waals surface area contributed by atoms with E-state index < -0.39 is 0 Å². The number of nitrogens with zero attached hydrogens (tertiary/aromatic N) is 1. The van der Waals surface area contributed by atoms with Gasteiger partial charge in [0.2, 0.25) is 0 Å².